The van der Waals surface area contributed by atoms with E-state index in [2.05, 4.69) is 0 Å². The van der Waals surface area contributed by atoms with E-state index < -0.39 is 11.6 Å². The smallest absolute Gasteiger partial charge is 0.347 e. The molecule has 0 fully saturated rings. The molecule has 0 aliphatic carbocycles. The Bertz CT molecular complexity index is 681. The monoisotopic (exact) mass is 340 g/mol. The summed E-state index contributed by atoms with van der Waals surface area (Å²) in [7, 11) is 0. The fourth-order valence-corrected chi connectivity index (χ4v) is 2.05. The van der Waals surface area contributed by atoms with Gasteiger partial charge in [0.2, 0.25) is 0 Å². The second-order valence-electron chi connectivity index (χ2n) is 5.07. The van der Waals surface area contributed by atoms with Crippen LogP contribution >= 0.6 is 23.2 Å². The summed E-state index contributed by atoms with van der Waals surface area (Å²) >= 11 is 11.9. The van der Waals surface area contributed by atoms with Crippen LogP contribution in [0.1, 0.15) is 13.8 Å². The van der Waals surface area contributed by atoms with Crippen molar-refractivity contribution in [2.45, 2.75) is 19.4 Å². The molecule has 22 heavy (non-hydrogen) atoms. The molecule has 2 rings (SSSR count). The first-order valence-electron chi connectivity index (χ1n) is 6.43. The van der Waals surface area contributed by atoms with Gasteiger partial charge in [-0.2, -0.15) is 0 Å². The number of hydrogen-bond acceptors (Lipinski definition) is 3. The molecule has 0 amide bonds. The molecule has 0 heterocycles. The highest BCUT2D eigenvalue weighted by Crippen LogP contribution is 2.32. The van der Waals surface area contributed by atoms with E-state index in [4.69, 9.17) is 37.8 Å². The van der Waals surface area contributed by atoms with Crippen molar-refractivity contribution in [1.82, 2.24) is 0 Å². The molecule has 0 saturated carbocycles. The minimum absolute atomic E-state index is 0.403. The number of ether oxygens (including phenoxy) is 2. The minimum Gasteiger partial charge on any atom is -0.478 e. The molecular weight excluding hydrogens is 327 g/mol. The van der Waals surface area contributed by atoms with Gasteiger partial charge in [-0.25, -0.2) is 4.79 Å². The molecule has 0 atom stereocenters. The highest BCUT2D eigenvalue weighted by Gasteiger charge is 2.29. The van der Waals surface area contributed by atoms with Crippen LogP contribution in [0.4, 0.5) is 0 Å². The van der Waals surface area contributed by atoms with E-state index in [0.717, 1.165) is 0 Å². The Hall–Kier alpha value is -1.91. The molecule has 0 aromatic heterocycles. The summed E-state index contributed by atoms with van der Waals surface area (Å²) in [6, 6.07) is 11.5. The van der Waals surface area contributed by atoms with E-state index in [1.54, 1.807) is 42.5 Å². The van der Waals surface area contributed by atoms with Gasteiger partial charge in [-0.15, -0.1) is 0 Å². The van der Waals surface area contributed by atoms with Gasteiger partial charge in [0.25, 0.3) is 0 Å². The normalized spacial score (nSPS) is 11.1. The second kappa shape index (κ2) is 6.46. The molecule has 6 heteroatoms. The lowest BCUT2D eigenvalue weighted by Crippen LogP contribution is -2.37. The lowest BCUT2D eigenvalue weighted by atomic mass is 10.1. The summed E-state index contributed by atoms with van der Waals surface area (Å²) in [6.07, 6.45) is 0. The predicted molar refractivity (Wildman–Crippen MR) is 85.3 cm³/mol. The van der Waals surface area contributed by atoms with Crippen LogP contribution in [0.25, 0.3) is 0 Å². The first kappa shape index (κ1) is 16.5. The van der Waals surface area contributed by atoms with Crippen LogP contribution in [-0.2, 0) is 4.79 Å². The lowest BCUT2D eigenvalue weighted by Gasteiger charge is -2.21. The van der Waals surface area contributed by atoms with Crippen molar-refractivity contribution in [1.29, 1.82) is 0 Å². The zero-order chi connectivity index (χ0) is 16.3. The fraction of sp³-hybridized carbons (Fsp3) is 0.188. The van der Waals surface area contributed by atoms with Crippen LogP contribution < -0.4 is 9.47 Å². The van der Waals surface area contributed by atoms with Crippen molar-refractivity contribution < 1.29 is 19.4 Å². The summed E-state index contributed by atoms with van der Waals surface area (Å²) in [5.74, 6) is 0.415. The lowest BCUT2D eigenvalue weighted by molar-refractivity contribution is -0.152. The molecule has 0 aliphatic rings. The highest BCUT2D eigenvalue weighted by molar-refractivity contribution is 6.35. The molecule has 116 valence electrons. The molecule has 1 N–H and O–H groups in total. The van der Waals surface area contributed by atoms with Crippen LogP contribution in [0, 0.1) is 0 Å². The van der Waals surface area contributed by atoms with Crippen molar-refractivity contribution in [2.75, 3.05) is 0 Å². The number of benzene rings is 2. The molecule has 0 saturated heterocycles. The van der Waals surface area contributed by atoms with Gasteiger partial charge in [0, 0.05) is 5.02 Å². The molecule has 0 unspecified atom stereocenters. The average molecular weight is 341 g/mol. The SMILES string of the molecule is CC(C)(Oc1ccc(Oc2ccc(Cl)cc2Cl)cc1)C(=O)O. The number of rotatable bonds is 5. The van der Waals surface area contributed by atoms with Crippen LogP contribution in [0.15, 0.2) is 42.5 Å². The number of carboxylic acids is 1. The van der Waals surface area contributed by atoms with Crippen LogP contribution in [0.2, 0.25) is 10.0 Å². The van der Waals surface area contributed by atoms with Crippen molar-refractivity contribution in [2.24, 2.45) is 0 Å². The standard InChI is InChI=1S/C16H14Cl2O4/c1-16(2,15(19)20)22-12-6-4-11(5-7-12)21-14-8-3-10(17)9-13(14)18/h3-9H,1-2H3,(H,19,20). The number of carbonyl (C=O) groups is 1. The average Bonchev–Trinajstić information content (AvgIpc) is 2.43. The molecule has 0 radical (unpaired) electrons. The zero-order valence-corrected chi connectivity index (χ0v) is 13.5. The van der Waals surface area contributed by atoms with E-state index >= 15 is 0 Å². The molecule has 2 aromatic rings. The number of carboxylic acid groups (broad SMARTS) is 1. The Labute approximate surface area is 138 Å². The molecule has 0 aliphatic heterocycles. The Balaban J connectivity index is 2.11. The number of aliphatic carboxylic acids is 1. The number of halogens is 2. The van der Waals surface area contributed by atoms with E-state index in [1.165, 1.54) is 13.8 Å². The molecule has 2 aromatic carbocycles. The van der Waals surface area contributed by atoms with Gasteiger partial charge >= 0.3 is 5.97 Å². The van der Waals surface area contributed by atoms with Crippen LogP contribution in [-0.4, -0.2) is 16.7 Å². The fourth-order valence-electron chi connectivity index (χ4n) is 1.60. The van der Waals surface area contributed by atoms with Gasteiger partial charge in [-0.3, -0.25) is 0 Å². The van der Waals surface area contributed by atoms with Crippen molar-refractivity contribution in [3.8, 4) is 17.2 Å². The zero-order valence-electron chi connectivity index (χ0n) is 12.0. The molecule has 4 nitrogen and oxygen atoms in total. The largest absolute Gasteiger partial charge is 0.478 e. The summed E-state index contributed by atoms with van der Waals surface area (Å²) in [4.78, 5) is 11.0. The minimum atomic E-state index is -1.30. The van der Waals surface area contributed by atoms with Crippen molar-refractivity contribution in [3.05, 3.63) is 52.5 Å². The molecule has 0 spiro atoms. The van der Waals surface area contributed by atoms with Crippen molar-refractivity contribution in [3.63, 3.8) is 0 Å². The predicted octanol–water partition coefficient (Wildman–Crippen LogP) is 5.03. The van der Waals surface area contributed by atoms with Gasteiger partial charge in [-0.05, 0) is 56.3 Å². The summed E-state index contributed by atoms with van der Waals surface area (Å²) in [5.41, 5.74) is -1.30. The first-order chi connectivity index (χ1) is 10.3. The van der Waals surface area contributed by atoms with Crippen LogP contribution in [0.3, 0.4) is 0 Å². The van der Waals surface area contributed by atoms with Gasteiger partial charge in [0.1, 0.15) is 17.2 Å². The quantitative estimate of drug-likeness (QED) is 0.829. The van der Waals surface area contributed by atoms with E-state index in [9.17, 15) is 4.79 Å². The van der Waals surface area contributed by atoms with E-state index in [0.29, 0.717) is 27.3 Å². The molecule has 0 bridgehead atoms. The maximum Gasteiger partial charge on any atom is 0.347 e. The Kier molecular flexibility index (Phi) is 4.84. The molecular formula is C16H14Cl2O4. The Morgan fingerprint density at radius 1 is 1.05 bits per heavy atom. The van der Waals surface area contributed by atoms with Gasteiger partial charge < -0.3 is 14.6 Å². The highest BCUT2D eigenvalue weighted by atomic mass is 35.5. The summed E-state index contributed by atoms with van der Waals surface area (Å²) < 4.78 is 11.0. The van der Waals surface area contributed by atoms with Crippen LogP contribution in [0.5, 0.6) is 17.2 Å². The summed E-state index contributed by atoms with van der Waals surface area (Å²) in [5, 5.41) is 9.96. The third-order valence-corrected chi connectivity index (χ3v) is 3.36. The van der Waals surface area contributed by atoms with E-state index in [1.807, 2.05) is 0 Å². The Morgan fingerprint density at radius 2 is 1.64 bits per heavy atom. The third kappa shape index (κ3) is 4.06. The second-order valence-corrected chi connectivity index (χ2v) is 5.91. The van der Waals surface area contributed by atoms with Gasteiger partial charge in [0.15, 0.2) is 5.60 Å². The van der Waals surface area contributed by atoms with Gasteiger partial charge in [0.05, 0.1) is 5.02 Å². The maximum atomic E-state index is 11.0. The summed E-state index contributed by atoms with van der Waals surface area (Å²) in [6.45, 7) is 2.96. The topological polar surface area (TPSA) is 55.8 Å². The van der Waals surface area contributed by atoms with Gasteiger partial charge in [-0.1, -0.05) is 23.2 Å². The number of hydrogen-bond donors (Lipinski definition) is 1. The Morgan fingerprint density at radius 3 is 2.18 bits per heavy atom. The third-order valence-electron chi connectivity index (χ3n) is 2.83. The van der Waals surface area contributed by atoms with Crippen molar-refractivity contribution >= 4 is 29.2 Å². The van der Waals surface area contributed by atoms with E-state index in [-0.39, 0.29) is 0 Å². The maximum absolute atomic E-state index is 11.0. The first-order valence-corrected chi connectivity index (χ1v) is 7.19.